The van der Waals surface area contributed by atoms with Gasteiger partial charge in [-0.1, -0.05) is 83.9 Å². The highest BCUT2D eigenvalue weighted by Gasteiger charge is 2.17. The molecule has 1 atom stereocenters. The van der Waals surface area contributed by atoms with Crippen molar-refractivity contribution in [1.82, 2.24) is 5.32 Å². The van der Waals surface area contributed by atoms with Crippen molar-refractivity contribution in [2.24, 2.45) is 0 Å². The first kappa shape index (κ1) is 17.2. The van der Waals surface area contributed by atoms with Crippen LogP contribution in [0.5, 0.6) is 0 Å². The van der Waals surface area contributed by atoms with E-state index >= 15 is 0 Å². The normalized spacial score (nSPS) is 11.8. The van der Waals surface area contributed by atoms with Gasteiger partial charge in [0, 0.05) is 5.02 Å². The Labute approximate surface area is 153 Å². The lowest BCUT2D eigenvalue weighted by Crippen LogP contribution is -2.30. The van der Waals surface area contributed by atoms with Crippen LogP contribution < -0.4 is 5.32 Å². The average molecular weight is 350 g/mol. The summed E-state index contributed by atoms with van der Waals surface area (Å²) in [6.07, 6.45) is 0.301. The molecule has 126 valence electrons. The predicted molar refractivity (Wildman–Crippen MR) is 103 cm³/mol. The Hall–Kier alpha value is -2.58. The monoisotopic (exact) mass is 349 g/mol. The van der Waals surface area contributed by atoms with Crippen LogP contribution in [0.1, 0.15) is 28.3 Å². The van der Waals surface area contributed by atoms with Crippen molar-refractivity contribution in [3.05, 3.63) is 106 Å². The highest BCUT2D eigenvalue weighted by atomic mass is 35.5. The van der Waals surface area contributed by atoms with E-state index in [1.165, 1.54) is 5.56 Å². The summed E-state index contributed by atoms with van der Waals surface area (Å²) < 4.78 is 0. The van der Waals surface area contributed by atoms with E-state index in [1.807, 2.05) is 66.7 Å². The lowest BCUT2D eigenvalue weighted by molar-refractivity contribution is -0.120. The summed E-state index contributed by atoms with van der Waals surface area (Å²) in [4.78, 5) is 12.6. The Morgan fingerprint density at radius 2 is 1.64 bits per heavy atom. The van der Waals surface area contributed by atoms with Crippen molar-refractivity contribution in [2.75, 3.05) is 0 Å². The van der Waals surface area contributed by atoms with Gasteiger partial charge in [0.15, 0.2) is 0 Å². The third-order valence-electron chi connectivity index (χ3n) is 4.07. The molecule has 1 amide bonds. The molecule has 0 aliphatic carbocycles. The Bertz CT molecular complexity index is 861. The molecule has 2 nitrogen and oxygen atoms in total. The lowest BCUT2D eigenvalue weighted by Gasteiger charge is -2.20. The van der Waals surface area contributed by atoms with Gasteiger partial charge in [-0.25, -0.2) is 0 Å². The Morgan fingerprint density at radius 3 is 2.36 bits per heavy atom. The van der Waals surface area contributed by atoms with Crippen molar-refractivity contribution in [3.8, 4) is 0 Å². The average Bonchev–Trinajstić information content (AvgIpc) is 2.60. The molecule has 3 aromatic rings. The molecule has 0 aliphatic rings. The summed E-state index contributed by atoms with van der Waals surface area (Å²) in [5, 5.41) is 3.80. The molecule has 0 saturated heterocycles. The van der Waals surface area contributed by atoms with Crippen molar-refractivity contribution in [2.45, 2.75) is 19.4 Å². The largest absolute Gasteiger partial charge is 0.345 e. The Kier molecular flexibility index (Phi) is 5.52. The summed E-state index contributed by atoms with van der Waals surface area (Å²) in [6.45, 7) is 2.05. The van der Waals surface area contributed by atoms with Crippen LogP contribution in [-0.4, -0.2) is 5.91 Å². The summed E-state index contributed by atoms with van der Waals surface area (Å²) in [5.41, 5.74) is 4.21. The Morgan fingerprint density at radius 1 is 0.920 bits per heavy atom. The minimum atomic E-state index is -0.173. The maximum absolute atomic E-state index is 12.6. The fourth-order valence-electron chi connectivity index (χ4n) is 2.90. The third kappa shape index (κ3) is 4.71. The molecule has 0 aromatic heterocycles. The number of carbonyl (C=O) groups excluding carboxylic acids is 1. The van der Waals surface area contributed by atoms with Crippen LogP contribution in [0.3, 0.4) is 0 Å². The van der Waals surface area contributed by atoms with Crippen LogP contribution in [-0.2, 0) is 11.2 Å². The molecule has 25 heavy (non-hydrogen) atoms. The maximum atomic E-state index is 12.6. The van der Waals surface area contributed by atoms with Gasteiger partial charge in [0.25, 0.3) is 0 Å². The van der Waals surface area contributed by atoms with Gasteiger partial charge in [-0.05, 0) is 35.7 Å². The van der Waals surface area contributed by atoms with Gasteiger partial charge in [-0.2, -0.15) is 0 Å². The van der Waals surface area contributed by atoms with E-state index in [-0.39, 0.29) is 11.9 Å². The molecule has 0 radical (unpaired) electrons. The fraction of sp³-hybridized carbons (Fsp3) is 0.136. The zero-order valence-electron chi connectivity index (χ0n) is 14.1. The van der Waals surface area contributed by atoms with E-state index in [2.05, 4.69) is 24.4 Å². The van der Waals surface area contributed by atoms with Gasteiger partial charge in [0.1, 0.15) is 0 Å². The van der Waals surface area contributed by atoms with Crippen molar-refractivity contribution >= 4 is 17.5 Å². The summed E-state index contributed by atoms with van der Waals surface area (Å²) in [5.74, 6) is -0.0300. The second kappa shape index (κ2) is 8.00. The SMILES string of the molecule is Cc1cccc(C(NC(=O)Cc2cccc(Cl)c2)c2ccccc2)c1. The lowest BCUT2D eigenvalue weighted by atomic mass is 9.97. The number of hydrogen-bond donors (Lipinski definition) is 1. The van der Waals surface area contributed by atoms with Gasteiger partial charge >= 0.3 is 0 Å². The van der Waals surface area contributed by atoms with Crippen molar-refractivity contribution in [1.29, 1.82) is 0 Å². The van der Waals surface area contributed by atoms with Gasteiger partial charge in [0.2, 0.25) is 5.91 Å². The van der Waals surface area contributed by atoms with E-state index in [4.69, 9.17) is 11.6 Å². The molecule has 1 N–H and O–H groups in total. The van der Waals surface area contributed by atoms with E-state index in [0.717, 1.165) is 16.7 Å². The van der Waals surface area contributed by atoms with Gasteiger partial charge < -0.3 is 5.32 Å². The highest BCUT2D eigenvalue weighted by molar-refractivity contribution is 6.30. The highest BCUT2D eigenvalue weighted by Crippen LogP contribution is 2.23. The number of carbonyl (C=O) groups is 1. The van der Waals surface area contributed by atoms with Crippen LogP contribution in [0.4, 0.5) is 0 Å². The first-order chi connectivity index (χ1) is 12.1. The van der Waals surface area contributed by atoms with Gasteiger partial charge in [-0.3, -0.25) is 4.79 Å². The minimum absolute atomic E-state index is 0.0300. The molecule has 1 unspecified atom stereocenters. The Balaban J connectivity index is 1.84. The van der Waals surface area contributed by atoms with E-state index in [9.17, 15) is 4.79 Å². The standard InChI is InChI=1S/C22H20ClNO/c1-16-7-5-11-19(13-16)22(18-9-3-2-4-10-18)24-21(25)15-17-8-6-12-20(23)14-17/h2-14,22H,15H2,1H3,(H,24,25). The molecule has 0 heterocycles. The smallest absolute Gasteiger partial charge is 0.225 e. The molecular formula is C22H20ClNO. The molecule has 3 rings (SSSR count). The van der Waals surface area contributed by atoms with Crippen LogP contribution in [0.25, 0.3) is 0 Å². The number of aryl methyl sites for hydroxylation is 1. The molecule has 3 aromatic carbocycles. The molecule has 0 fully saturated rings. The quantitative estimate of drug-likeness (QED) is 0.682. The zero-order chi connectivity index (χ0) is 17.6. The van der Waals surface area contributed by atoms with E-state index in [0.29, 0.717) is 11.4 Å². The number of amides is 1. The molecular weight excluding hydrogens is 330 g/mol. The first-order valence-corrected chi connectivity index (χ1v) is 8.65. The number of hydrogen-bond acceptors (Lipinski definition) is 1. The van der Waals surface area contributed by atoms with Gasteiger partial charge in [0.05, 0.1) is 12.5 Å². The van der Waals surface area contributed by atoms with Crippen LogP contribution in [0.2, 0.25) is 5.02 Å². The molecule has 0 bridgehead atoms. The van der Waals surface area contributed by atoms with Crippen LogP contribution in [0, 0.1) is 6.92 Å². The molecule has 0 saturated carbocycles. The second-order valence-electron chi connectivity index (χ2n) is 6.13. The number of benzene rings is 3. The van der Waals surface area contributed by atoms with Gasteiger partial charge in [-0.15, -0.1) is 0 Å². The molecule has 0 spiro atoms. The molecule has 3 heteroatoms. The maximum Gasteiger partial charge on any atom is 0.225 e. The van der Waals surface area contributed by atoms with Crippen molar-refractivity contribution in [3.63, 3.8) is 0 Å². The van der Waals surface area contributed by atoms with Crippen molar-refractivity contribution < 1.29 is 4.79 Å². The summed E-state index contributed by atoms with van der Waals surface area (Å²) in [6, 6.07) is 25.5. The van der Waals surface area contributed by atoms with E-state index < -0.39 is 0 Å². The van der Waals surface area contributed by atoms with Crippen LogP contribution >= 0.6 is 11.6 Å². The van der Waals surface area contributed by atoms with Crippen LogP contribution in [0.15, 0.2) is 78.9 Å². The number of nitrogens with one attached hydrogen (secondary N) is 1. The molecule has 0 aliphatic heterocycles. The third-order valence-corrected chi connectivity index (χ3v) is 4.30. The number of rotatable bonds is 5. The summed E-state index contributed by atoms with van der Waals surface area (Å²) >= 11 is 6.01. The minimum Gasteiger partial charge on any atom is -0.345 e. The first-order valence-electron chi connectivity index (χ1n) is 8.27. The topological polar surface area (TPSA) is 29.1 Å². The fourth-order valence-corrected chi connectivity index (χ4v) is 3.11. The predicted octanol–water partition coefficient (Wildman–Crippen LogP) is 5.10. The van der Waals surface area contributed by atoms with E-state index in [1.54, 1.807) is 0 Å². The zero-order valence-corrected chi connectivity index (χ0v) is 14.8. The second-order valence-corrected chi connectivity index (χ2v) is 6.57. The summed E-state index contributed by atoms with van der Waals surface area (Å²) in [7, 11) is 0. The number of halogens is 1.